The van der Waals surface area contributed by atoms with E-state index >= 15 is 0 Å². The highest BCUT2D eigenvalue weighted by Crippen LogP contribution is 2.35. The lowest BCUT2D eigenvalue weighted by Crippen LogP contribution is -2.42. The maximum atomic E-state index is 9.21. The van der Waals surface area contributed by atoms with Gasteiger partial charge in [0.15, 0.2) is 5.79 Å². The SMILES string of the molecule is CC1(C)O[C@@H](CO)C[C@H](c2ccccc2)O1. The van der Waals surface area contributed by atoms with E-state index in [1.165, 1.54) is 0 Å². The van der Waals surface area contributed by atoms with Gasteiger partial charge in [-0.05, 0) is 19.4 Å². The average molecular weight is 222 g/mol. The fourth-order valence-electron chi connectivity index (χ4n) is 2.09. The van der Waals surface area contributed by atoms with Crippen molar-refractivity contribution in [1.29, 1.82) is 0 Å². The van der Waals surface area contributed by atoms with Crippen molar-refractivity contribution in [1.82, 2.24) is 0 Å². The summed E-state index contributed by atoms with van der Waals surface area (Å²) >= 11 is 0. The molecule has 0 aliphatic carbocycles. The summed E-state index contributed by atoms with van der Waals surface area (Å²) in [5, 5.41) is 9.21. The molecule has 2 rings (SSSR count). The smallest absolute Gasteiger partial charge is 0.164 e. The predicted molar refractivity (Wildman–Crippen MR) is 60.9 cm³/mol. The van der Waals surface area contributed by atoms with Crippen LogP contribution in [0.1, 0.15) is 31.9 Å². The molecule has 1 heterocycles. The van der Waals surface area contributed by atoms with Crippen LogP contribution in [-0.2, 0) is 9.47 Å². The zero-order valence-corrected chi connectivity index (χ0v) is 9.72. The molecule has 16 heavy (non-hydrogen) atoms. The van der Waals surface area contributed by atoms with E-state index < -0.39 is 5.79 Å². The number of rotatable bonds is 2. The fraction of sp³-hybridized carbons (Fsp3) is 0.538. The van der Waals surface area contributed by atoms with E-state index in [1.54, 1.807) is 0 Å². The number of benzene rings is 1. The van der Waals surface area contributed by atoms with Crippen LogP contribution in [0.2, 0.25) is 0 Å². The van der Waals surface area contributed by atoms with Crippen LogP contribution in [0.4, 0.5) is 0 Å². The van der Waals surface area contributed by atoms with Crippen LogP contribution in [0.3, 0.4) is 0 Å². The summed E-state index contributed by atoms with van der Waals surface area (Å²) in [6, 6.07) is 10.1. The number of aliphatic hydroxyl groups is 1. The van der Waals surface area contributed by atoms with Crippen molar-refractivity contribution in [3.63, 3.8) is 0 Å². The highest BCUT2D eigenvalue weighted by molar-refractivity contribution is 5.18. The Balaban J connectivity index is 2.16. The van der Waals surface area contributed by atoms with Crippen LogP contribution < -0.4 is 0 Å². The summed E-state index contributed by atoms with van der Waals surface area (Å²) < 4.78 is 11.5. The molecule has 1 aromatic carbocycles. The monoisotopic (exact) mass is 222 g/mol. The molecule has 0 spiro atoms. The van der Waals surface area contributed by atoms with Crippen molar-refractivity contribution in [3.05, 3.63) is 35.9 Å². The van der Waals surface area contributed by atoms with Gasteiger partial charge in [0.05, 0.1) is 18.8 Å². The Morgan fingerprint density at radius 3 is 2.56 bits per heavy atom. The van der Waals surface area contributed by atoms with E-state index in [9.17, 15) is 5.11 Å². The Morgan fingerprint density at radius 2 is 1.94 bits per heavy atom. The van der Waals surface area contributed by atoms with Crippen LogP contribution in [0.25, 0.3) is 0 Å². The molecule has 0 amide bonds. The Labute approximate surface area is 96.0 Å². The van der Waals surface area contributed by atoms with Crippen LogP contribution in [-0.4, -0.2) is 23.6 Å². The van der Waals surface area contributed by atoms with Crippen LogP contribution >= 0.6 is 0 Å². The van der Waals surface area contributed by atoms with Gasteiger partial charge in [0.2, 0.25) is 0 Å². The molecule has 0 aromatic heterocycles. The van der Waals surface area contributed by atoms with Crippen molar-refractivity contribution < 1.29 is 14.6 Å². The Kier molecular flexibility index (Phi) is 3.28. The quantitative estimate of drug-likeness (QED) is 0.834. The lowest BCUT2D eigenvalue weighted by Gasteiger charge is -2.40. The first-order chi connectivity index (χ1) is 7.61. The topological polar surface area (TPSA) is 38.7 Å². The van der Waals surface area contributed by atoms with Gasteiger partial charge in [-0.1, -0.05) is 30.3 Å². The lowest BCUT2D eigenvalue weighted by molar-refractivity contribution is -0.306. The zero-order chi connectivity index (χ0) is 11.6. The third-order valence-corrected chi connectivity index (χ3v) is 2.73. The number of hydrogen-bond donors (Lipinski definition) is 1. The molecule has 1 N–H and O–H groups in total. The largest absolute Gasteiger partial charge is 0.394 e. The summed E-state index contributed by atoms with van der Waals surface area (Å²) in [5.74, 6) is -0.633. The zero-order valence-electron chi connectivity index (χ0n) is 9.72. The second-order valence-corrected chi connectivity index (χ2v) is 4.58. The minimum Gasteiger partial charge on any atom is -0.394 e. The summed E-state index contributed by atoms with van der Waals surface area (Å²) in [6.45, 7) is 3.80. The number of aliphatic hydroxyl groups excluding tert-OH is 1. The molecule has 1 aromatic rings. The first kappa shape index (κ1) is 11.6. The van der Waals surface area contributed by atoms with Gasteiger partial charge in [0.25, 0.3) is 0 Å². The molecule has 3 nitrogen and oxygen atoms in total. The second kappa shape index (κ2) is 4.53. The van der Waals surface area contributed by atoms with Gasteiger partial charge in [-0.25, -0.2) is 0 Å². The third kappa shape index (κ3) is 2.61. The van der Waals surface area contributed by atoms with Crippen molar-refractivity contribution >= 4 is 0 Å². The standard InChI is InChI=1S/C13H18O3/c1-13(2)15-11(9-14)8-12(16-13)10-6-4-3-5-7-10/h3-7,11-12,14H,8-9H2,1-2H3/t11-,12-/m1/s1. The summed E-state index contributed by atoms with van der Waals surface area (Å²) in [6.07, 6.45) is 0.556. The molecular formula is C13H18O3. The molecule has 0 unspecified atom stereocenters. The van der Waals surface area contributed by atoms with Gasteiger partial charge < -0.3 is 14.6 Å². The minimum atomic E-state index is -0.633. The normalized spacial score (nSPS) is 28.9. The first-order valence-electron chi connectivity index (χ1n) is 5.62. The van der Waals surface area contributed by atoms with E-state index in [-0.39, 0.29) is 18.8 Å². The highest BCUT2D eigenvalue weighted by atomic mass is 16.7. The Morgan fingerprint density at radius 1 is 1.25 bits per heavy atom. The molecule has 3 heteroatoms. The summed E-state index contributed by atoms with van der Waals surface area (Å²) in [5.41, 5.74) is 1.14. The number of ether oxygens (including phenoxy) is 2. The molecule has 0 radical (unpaired) electrons. The first-order valence-corrected chi connectivity index (χ1v) is 5.62. The molecule has 1 fully saturated rings. The maximum Gasteiger partial charge on any atom is 0.164 e. The van der Waals surface area contributed by atoms with E-state index in [2.05, 4.69) is 0 Å². The summed E-state index contributed by atoms with van der Waals surface area (Å²) in [7, 11) is 0. The minimum absolute atomic E-state index is 0.00194. The molecule has 0 saturated carbocycles. The van der Waals surface area contributed by atoms with E-state index in [4.69, 9.17) is 9.47 Å². The van der Waals surface area contributed by atoms with Crippen molar-refractivity contribution in [2.45, 2.75) is 38.3 Å². The molecule has 1 saturated heterocycles. The average Bonchev–Trinajstić information content (AvgIpc) is 2.28. The number of hydrogen-bond acceptors (Lipinski definition) is 3. The summed E-state index contributed by atoms with van der Waals surface area (Å²) in [4.78, 5) is 0. The molecule has 1 aliphatic heterocycles. The Bertz CT molecular complexity index is 334. The molecule has 88 valence electrons. The van der Waals surface area contributed by atoms with Gasteiger partial charge in [0, 0.05) is 6.42 Å². The van der Waals surface area contributed by atoms with Crippen LogP contribution in [0, 0.1) is 0 Å². The Hall–Kier alpha value is -0.900. The fourth-order valence-corrected chi connectivity index (χ4v) is 2.09. The van der Waals surface area contributed by atoms with E-state index in [0.717, 1.165) is 5.56 Å². The van der Waals surface area contributed by atoms with Gasteiger partial charge in [0.1, 0.15) is 0 Å². The molecular weight excluding hydrogens is 204 g/mol. The third-order valence-electron chi connectivity index (χ3n) is 2.73. The maximum absolute atomic E-state index is 9.21. The van der Waals surface area contributed by atoms with Crippen molar-refractivity contribution in [3.8, 4) is 0 Å². The van der Waals surface area contributed by atoms with Crippen molar-refractivity contribution in [2.24, 2.45) is 0 Å². The lowest BCUT2D eigenvalue weighted by atomic mass is 10.0. The van der Waals surface area contributed by atoms with Crippen LogP contribution in [0.15, 0.2) is 30.3 Å². The van der Waals surface area contributed by atoms with E-state index in [1.807, 2.05) is 44.2 Å². The molecule has 0 bridgehead atoms. The highest BCUT2D eigenvalue weighted by Gasteiger charge is 2.35. The second-order valence-electron chi connectivity index (χ2n) is 4.58. The molecule has 1 aliphatic rings. The molecule has 2 atom stereocenters. The van der Waals surface area contributed by atoms with Gasteiger partial charge in [-0.2, -0.15) is 0 Å². The predicted octanol–water partition coefficient (Wildman–Crippen LogP) is 2.26. The van der Waals surface area contributed by atoms with Crippen molar-refractivity contribution in [2.75, 3.05) is 6.61 Å². The van der Waals surface area contributed by atoms with Gasteiger partial charge >= 0.3 is 0 Å². The van der Waals surface area contributed by atoms with Gasteiger partial charge in [-0.15, -0.1) is 0 Å². The van der Waals surface area contributed by atoms with Crippen LogP contribution in [0.5, 0.6) is 0 Å². The van der Waals surface area contributed by atoms with E-state index in [0.29, 0.717) is 6.42 Å². The van der Waals surface area contributed by atoms with Gasteiger partial charge in [-0.3, -0.25) is 0 Å².